The highest BCUT2D eigenvalue weighted by molar-refractivity contribution is 6.08. The number of nitriles is 1. The van der Waals surface area contributed by atoms with E-state index in [9.17, 15) is 14.9 Å². The third-order valence-electron chi connectivity index (χ3n) is 4.37. The predicted octanol–water partition coefficient (Wildman–Crippen LogP) is 2.87. The van der Waals surface area contributed by atoms with E-state index >= 15 is 0 Å². The maximum Gasteiger partial charge on any atom is 0.314 e. The van der Waals surface area contributed by atoms with Gasteiger partial charge in [-0.2, -0.15) is 5.26 Å². The van der Waals surface area contributed by atoms with Gasteiger partial charge in [0, 0.05) is 11.0 Å². The first-order valence-corrected chi connectivity index (χ1v) is 7.13. The number of ether oxygens (including phenoxy) is 1. The molecule has 0 heterocycles. The van der Waals surface area contributed by atoms with Crippen LogP contribution in [-0.4, -0.2) is 18.4 Å². The van der Waals surface area contributed by atoms with Gasteiger partial charge in [-0.15, -0.1) is 0 Å². The lowest BCUT2D eigenvalue weighted by Crippen LogP contribution is -2.30. The summed E-state index contributed by atoms with van der Waals surface area (Å²) in [7, 11) is 0. The molecule has 0 fully saturated rings. The Kier molecular flexibility index (Phi) is 4.42. The summed E-state index contributed by atoms with van der Waals surface area (Å²) in [6.45, 7) is 5.61. The average molecular weight is 285 g/mol. The van der Waals surface area contributed by atoms with Crippen molar-refractivity contribution in [2.45, 2.75) is 32.6 Å². The fraction of sp³-hybridized carbons (Fsp3) is 0.471. The van der Waals surface area contributed by atoms with Crippen molar-refractivity contribution in [3.05, 3.63) is 36.0 Å². The summed E-state index contributed by atoms with van der Waals surface area (Å²) >= 11 is 0. The summed E-state index contributed by atoms with van der Waals surface area (Å²) in [4.78, 5) is 23.9. The molecule has 0 bridgehead atoms. The lowest BCUT2D eigenvalue weighted by atomic mass is 9.67. The van der Waals surface area contributed by atoms with Crippen LogP contribution in [0.1, 0.15) is 32.6 Å². The second kappa shape index (κ2) is 6.09. The molecule has 4 nitrogen and oxygen atoms in total. The summed E-state index contributed by atoms with van der Waals surface area (Å²) in [5.74, 6) is -0.847. The minimum atomic E-state index is -0.538. The van der Waals surface area contributed by atoms with Gasteiger partial charge in [0.15, 0.2) is 5.78 Å². The largest absolute Gasteiger partial charge is 0.461 e. The second-order valence-corrected chi connectivity index (χ2v) is 5.68. The van der Waals surface area contributed by atoms with Gasteiger partial charge >= 0.3 is 5.97 Å². The maximum absolute atomic E-state index is 12.3. The molecule has 110 valence electrons. The molecule has 0 saturated heterocycles. The van der Waals surface area contributed by atoms with Gasteiger partial charge < -0.3 is 4.74 Å². The van der Waals surface area contributed by atoms with Crippen LogP contribution in [0.2, 0.25) is 0 Å². The van der Waals surface area contributed by atoms with Gasteiger partial charge in [-0.05, 0) is 24.8 Å². The Labute approximate surface area is 124 Å². The van der Waals surface area contributed by atoms with Gasteiger partial charge in [0.2, 0.25) is 0 Å². The fourth-order valence-electron chi connectivity index (χ4n) is 3.16. The van der Waals surface area contributed by atoms with Crippen LogP contribution in [0.4, 0.5) is 0 Å². The minimum absolute atomic E-state index is 0.0864. The molecule has 0 aromatic rings. The van der Waals surface area contributed by atoms with Gasteiger partial charge in [0.1, 0.15) is 13.0 Å². The maximum atomic E-state index is 12.3. The van der Waals surface area contributed by atoms with Crippen molar-refractivity contribution in [2.24, 2.45) is 11.3 Å². The zero-order valence-corrected chi connectivity index (χ0v) is 12.2. The van der Waals surface area contributed by atoms with E-state index < -0.39 is 5.97 Å². The third kappa shape index (κ3) is 2.82. The molecule has 0 N–H and O–H groups in total. The summed E-state index contributed by atoms with van der Waals surface area (Å²) in [6, 6.07) is 2.34. The minimum Gasteiger partial charge on any atom is -0.461 e. The SMILES string of the molecule is C=CCOC(=O)CC(=O)C1=CCC[C@@]2(C)C1=CC[C@@H]2C#N. The van der Waals surface area contributed by atoms with E-state index in [4.69, 9.17) is 4.74 Å². The van der Waals surface area contributed by atoms with E-state index in [2.05, 4.69) is 12.6 Å². The zero-order chi connectivity index (χ0) is 15.5. The topological polar surface area (TPSA) is 67.2 Å². The first kappa shape index (κ1) is 15.2. The quantitative estimate of drug-likeness (QED) is 0.442. The molecule has 0 aromatic carbocycles. The molecule has 2 aliphatic carbocycles. The van der Waals surface area contributed by atoms with Crippen LogP contribution in [-0.2, 0) is 14.3 Å². The van der Waals surface area contributed by atoms with Crippen LogP contribution in [0.15, 0.2) is 36.0 Å². The van der Waals surface area contributed by atoms with Crippen molar-refractivity contribution in [3.63, 3.8) is 0 Å². The van der Waals surface area contributed by atoms with E-state index in [1.807, 2.05) is 19.1 Å². The predicted molar refractivity (Wildman–Crippen MR) is 78.0 cm³/mol. The Morgan fingerprint density at radius 2 is 2.33 bits per heavy atom. The summed E-state index contributed by atoms with van der Waals surface area (Å²) in [5, 5.41) is 9.27. The van der Waals surface area contributed by atoms with Crippen LogP contribution < -0.4 is 0 Å². The lowest BCUT2D eigenvalue weighted by molar-refractivity contribution is -0.144. The number of Topliss-reactive ketones (excluding diaryl/α,β-unsaturated/α-hetero) is 1. The van der Waals surface area contributed by atoms with Gasteiger partial charge in [0.25, 0.3) is 0 Å². The fourth-order valence-corrected chi connectivity index (χ4v) is 3.16. The molecule has 2 aliphatic rings. The summed E-state index contributed by atoms with van der Waals surface area (Å²) in [6.07, 6.45) is 7.38. The number of allylic oxidation sites excluding steroid dienone is 4. The number of hydrogen-bond donors (Lipinski definition) is 0. The highest BCUT2D eigenvalue weighted by Crippen LogP contribution is 2.52. The molecule has 0 unspecified atom stereocenters. The molecular formula is C17H19NO3. The van der Waals surface area contributed by atoms with E-state index in [0.717, 1.165) is 18.4 Å². The number of carbonyl (C=O) groups excluding carboxylic acids is 2. The van der Waals surface area contributed by atoms with Crippen molar-refractivity contribution in [2.75, 3.05) is 6.61 Å². The molecule has 0 spiro atoms. The standard InChI is InChI=1S/C17H19NO3/c1-3-9-21-16(20)10-15(19)13-5-4-8-17(2)12(11-18)6-7-14(13)17/h3,5,7,12H,1,4,6,8-10H2,2H3/t12-,17-/m1/s1. The average Bonchev–Trinajstić information content (AvgIpc) is 2.80. The molecule has 0 saturated carbocycles. The van der Waals surface area contributed by atoms with E-state index in [-0.39, 0.29) is 30.1 Å². The van der Waals surface area contributed by atoms with Crippen molar-refractivity contribution in [3.8, 4) is 6.07 Å². The monoisotopic (exact) mass is 285 g/mol. The second-order valence-electron chi connectivity index (χ2n) is 5.68. The Morgan fingerprint density at radius 1 is 1.57 bits per heavy atom. The Balaban J connectivity index is 2.12. The number of fused-ring (bicyclic) bond motifs is 1. The smallest absolute Gasteiger partial charge is 0.314 e. The van der Waals surface area contributed by atoms with Crippen molar-refractivity contribution < 1.29 is 14.3 Å². The third-order valence-corrected chi connectivity index (χ3v) is 4.37. The molecule has 4 heteroatoms. The number of ketones is 1. The molecule has 0 aromatic heterocycles. The first-order valence-electron chi connectivity index (χ1n) is 7.13. The van der Waals surface area contributed by atoms with Crippen molar-refractivity contribution in [1.82, 2.24) is 0 Å². The zero-order valence-electron chi connectivity index (χ0n) is 12.2. The molecule has 2 rings (SSSR count). The van der Waals surface area contributed by atoms with Gasteiger partial charge in [-0.25, -0.2) is 0 Å². The van der Waals surface area contributed by atoms with Crippen LogP contribution >= 0.6 is 0 Å². The van der Waals surface area contributed by atoms with E-state index in [1.165, 1.54) is 6.08 Å². The van der Waals surface area contributed by atoms with Gasteiger partial charge in [-0.1, -0.05) is 31.7 Å². The summed E-state index contributed by atoms with van der Waals surface area (Å²) in [5.41, 5.74) is 1.26. The number of rotatable bonds is 5. The van der Waals surface area contributed by atoms with Crippen LogP contribution in [0.3, 0.4) is 0 Å². The summed E-state index contributed by atoms with van der Waals surface area (Å²) < 4.78 is 4.85. The number of nitrogens with zero attached hydrogens (tertiary/aromatic N) is 1. The Bertz CT molecular complexity index is 579. The highest BCUT2D eigenvalue weighted by Gasteiger charge is 2.45. The van der Waals surface area contributed by atoms with Crippen molar-refractivity contribution in [1.29, 1.82) is 5.26 Å². The van der Waals surface area contributed by atoms with Crippen LogP contribution in [0.5, 0.6) is 0 Å². The molecule has 0 radical (unpaired) electrons. The lowest BCUT2D eigenvalue weighted by Gasteiger charge is -2.35. The number of carbonyl (C=O) groups is 2. The molecular weight excluding hydrogens is 266 g/mol. The van der Waals surface area contributed by atoms with E-state index in [1.54, 1.807) is 0 Å². The van der Waals surface area contributed by atoms with Gasteiger partial charge in [-0.3, -0.25) is 9.59 Å². The molecule has 0 amide bonds. The Hall–Kier alpha value is -2.15. The van der Waals surface area contributed by atoms with Crippen LogP contribution in [0, 0.1) is 22.7 Å². The highest BCUT2D eigenvalue weighted by atomic mass is 16.5. The molecule has 21 heavy (non-hydrogen) atoms. The molecule has 2 atom stereocenters. The normalized spacial score (nSPS) is 27.0. The van der Waals surface area contributed by atoms with Crippen molar-refractivity contribution >= 4 is 11.8 Å². The first-order chi connectivity index (χ1) is 10.0. The van der Waals surface area contributed by atoms with Gasteiger partial charge in [0.05, 0.1) is 12.0 Å². The van der Waals surface area contributed by atoms with E-state index in [0.29, 0.717) is 12.0 Å². The number of hydrogen-bond acceptors (Lipinski definition) is 4. The number of esters is 1. The molecule has 0 aliphatic heterocycles. The Morgan fingerprint density at radius 3 is 3.00 bits per heavy atom. The van der Waals surface area contributed by atoms with Crippen LogP contribution in [0.25, 0.3) is 0 Å².